The first-order chi connectivity index (χ1) is 7.45. The van der Waals surface area contributed by atoms with Crippen molar-refractivity contribution in [1.29, 1.82) is 0 Å². The minimum Gasteiger partial charge on any atom is -0.381 e. The van der Waals surface area contributed by atoms with Crippen LogP contribution in [-0.2, 0) is 17.8 Å². The van der Waals surface area contributed by atoms with E-state index in [2.05, 4.69) is 20.1 Å². The lowest BCUT2D eigenvalue weighted by atomic mass is 9.99. The van der Waals surface area contributed by atoms with Gasteiger partial charge in [-0.15, -0.1) is 10.2 Å². The Balaban J connectivity index is 1.87. The highest BCUT2D eigenvalue weighted by molar-refractivity contribution is 5.04. The van der Waals surface area contributed by atoms with Gasteiger partial charge >= 0.3 is 0 Å². The summed E-state index contributed by atoms with van der Waals surface area (Å²) in [5, 5.41) is 11.9. The van der Waals surface area contributed by atoms with E-state index in [0.717, 1.165) is 51.5 Å². The molecule has 0 unspecified atom stereocenters. The summed E-state index contributed by atoms with van der Waals surface area (Å²) in [4.78, 5) is 0. The molecule has 1 saturated heterocycles. The fourth-order valence-electron chi connectivity index (χ4n) is 2.37. The number of hydrogen-bond acceptors (Lipinski definition) is 4. The summed E-state index contributed by atoms with van der Waals surface area (Å²) in [5.41, 5.74) is 0. The Morgan fingerprint density at radius 3 is 3.00 bits per heavy atom. The zero-order valence-electron chi connectivity index (χ0n) is 8.78. The molecule has 1 aromatic rings. The second kappa shape index (κ2) is 3.90. The van der Waals surface area contributed by atoms with Gasteiger partial charge in [0.2, 0.25) is 0 Å². The summed E-state index contributed by atoms with van der Waals surface area (Å²) in [5.74, 6) is 2.82. The van der Waals surface area contributed by atoms with Gasteiger partial charge < -0.3 is 14.6 Å². The van der Waals surface area contributed by atoms with Crippen molar-refractivity contribution in [2.24, 2.45) is 0 Å². The lowest BCUT2D eigenvalue weighted by Gasteiger charge is -2.23. The van der Waals surface area contributed by atoms with Gasteiger partial charge in [0.15, 0.2) is 0 Å². The van der Waals surface area contributed by atoms with Crippen LogP contribution in [0.5, 0.6) is 0 Å². The van der Waals surface area contributed by atoms with Crippen molar-refractivity contribution in [3.8, 4) is 0 Å². The van der Waals surface area contributed by atoms with Gasteiger partial charge in [0, 0.05) is 32.2 Å². The molecule has 0 amide bonds. The monoisotopic (exact) mass is 208 g/mol. The fourth-order valence-corrected chi connectivity index (χ4v) is 2.37. The summed E-state index contributed by atoms with van der Waals surface area (Å²) < 4.78 is 7.66. The predicted molar refractivity (Wildman–Crippen MR) is 54.5 cm³/mol. The van der Waals surface area contributed by atoms with E-state index in [-0.39, 0.29) is 0 Å². The van der Waals surface area contributed by atoms with Crippen LogP contribution in [-0.4, -0.2) is 34.5 Å². The van der Waals surface area contributed by atoms with Crippen LogP contribution in [0.25, 0.3) is 0 Å². The van der Waals surface area contributed by atoms with Crippen LogP contribution in [0.1, 0.15) is 30.4 Å². The number of rotatable bonds is 1. The van der Waals surface area contributed by atoms with Gasteiger partial charge in [-0.25, -0.2) is 0 Å². The highest BCUT2D eigenvalue weighted by atomic mass is 16.5. The van der Waals surface area contributed by atoms with Gasteiger partial charge in [0.05, 0.1) is 6.54 Å². The molecule has 0 radical (unpaired) electrons. The van der Waals surface area contributed by atoms with Crippen molar-refractivity contribution in [2.75, 3.05) is 19.8 Å². The zero-order valence-corrected chi connectivity index (χ0v) is 8.78. The highest BCUT2D eigenvalue weighted by Crippen LogP contribution is 2.26. The third kappa shape index (κ3) is 1.66. The number of hydrogen-bond donors (Lipinski definition) is 1. The average Bonchev–Trinajstić information content (AvgIpc) is 2.74. The van der Waals surface area contributed by atoms with E-state index in [1.165, 1.54) is 5.82 Å². The third-order valence-electron chi connectivity index (χ3n) is 3.24. The second-order valence-corrected chi connectivity index (χ2v) is 4.19. The van der Waals surface area contributed by atoms with E-state index in [9.17, 15) is 0 Å². The van der Waals surface area contributed by atoms with Crippen molar-refractivity contribution < 1.29 is 4.74 Å². The van der Waals surface area contributed by atoms with Gasteiger partial charge in [-0.2, -0.15) is 0 Å². The Bertz CT molecular complexity index is 343. The van der Waals surface area contributed by atoms with Crippen molar-refractivity contribution in [1.82, 2.24) is 20.1 Å². The zero-order chi connectivity index (χ0) is 10.1. The normalized spacial score (nSPS) is 22.7. The molecule has 1 aromatic heterocycles. The maximum Gasteiger partial charge on any atom is 0.147 e. The van der Waals surface area contributed by atoms with E-state index < -0.39 is 0 Å². The molecule has 0 bridgehead atoms. The molecule has 5 nitrogen and oxygen atoms in total. The lowest BCUT2D eigenvalue weighted by Crippen LogP contribution is -2.30. The van der Waals surface area contributed by atoms with E-state index in [1.807, 2.05) is 0 Å². The summed E-state index contributed by atoms with van der Waals surface area (Å²) in [7, 11) is 0. The molecule has 82 valence electrons. The smallest absolute Gasteiger partial charge is 0.147 e. The largest absolute Gasteiger partial charge is 0.381 e. The molecule has 15 heavy (non-hydrogen) atoms. The lowest BCUT2D eigenvalue weighted by molar-refractivity contribution is 0.0826. The number of nitrogens with one attached hydrogen (secondary N) is 1. The first-order valence-electron chi connectivity index (χ1n) is 5.65. The number of ether oxygens (including phenoxy) is 1. The van der Waals surface area contributed by atoms with E-state index in [1.54, 1.807) is 0 Å². The molecule has 0 aromatic carbocycles. The summed E-state index contributed by atoms with van der Waals surface area (Å²) in [6.07, 6.45) is 2.18. The SMILES string of the molecule is C1Cn2c(nnc2C2CCOCC2)CN1. The van der Waals surface area contributed by atoms with Crippen molar-refractivity contribution in [2.45, 2.75) is 31.8 Å². The van der Waals surface area contributed by atoms with Crippen LogP contribution in [0.3, 0.4) is 0 Å². The molecule has 2 aliphatic heterocycles. The Morgan fingerprint density at radius 2 is 2.13 bits per heavy atom. The Kier molecular flexibility index (Phi) is 2.42. The summed E-state index contributed by atoms with van der Waals surface area (Å²) in [6, 6.07) is 0. The Morgan fingerprint density at radius 1 is 1.27 bits per heavy atom. The molecular weight excluding hydrogens is 192 g/mol. The predicted octanol–water partition coefficient (Wildman–Crippen LogP) is 0.275. The third-order valence-corrected chi connectivity index (χ3v) is 3.24. The van der Waals surface area contributed by atoms with Gasteiger partial charge in [-0.3, -0.25) is 0 Å². The van der Waals surface area contributed by atoms with Crippen LogP contribution in [0.15, 0.2) is 0 Å². The van der Waals surface area contributed by atoms with Crippen LogP contribution in [0, 0.1) is 0 Å². The van der Waals surface area contributed by atoms with E-state index >= 15 is 0 Å². The molecule has 2 aliphatic rings. The molecule has 0 atom stereocenters. The van der Waals surface area contributed by atoms with Crippen LogP contribution in [0.4, 0.5) is 0 Å². The van der Waals surface area contributed by atoms with Gasteiger partial charge in [0.1, 0.15) is 11.6 Å². The molecule has 3 rings (SSSR count). The second-order valence-electron chi connectivity index (χ2n) is 4.19. The minimum absolute atomic E-state index is 0.554. The van der Waals surface area contributed by atoms with E-state index in [0.29, 0.717) is 5.92 Å². The number of nitrogens with zero attached hydrogens (tertiary/aromatic N) is 3. The molecule has 5 heteroatoms. The molecular formula is C10H16N4O. The van der Waals surface area contributed by atoms with E-state index in [4.69, 9.17) is 4.74 Å². The van der Waals surface area contributed by atoms with Crippen molar-refractivity contribution in [3.05, 3.63) is 11.6 Å². The molecule has 1 N–H and O–H groups in total. The van der Waals surface area contributed by atoms with Gasteiger partial charge in [0.25, 0.3) is 0 Å². The fraction of sp³-hybridized carbons (Fsp3) is 0.800. The number of fused-ring (bicyclic) bond motifs is 1. The molecule has 0 aliphatic carbocycles. The Labute approximate surface area is 88.8 Å². The van der Waals surface area contributed by atoms with Crippen LogP contribution in [0.2, 0.25) is 0 Å². The average molecular weight is 208 g/mol. The standard InChI is InChI=1S/C10H16N4O/c1-5-15-6-2-8(1)10-13-12-9-7-11-3-4-14(9)10/h8,11H,1-7H2. The highest BCUT2D eigenvalue weighted by Gasteiger charge is 2.24. The van der Waals surface area contributed by atoms with Gasteiger partial charge in [-0.05, 0) is 12.8 Å². The Hall–Kier alpha value is -0.940. The van der Waals surface area contributed by atoms with Crippen LogP contribution < -0.4 is 5.32 Å². The molecule has 3 heterocycles. The topological polar surface area (TPSA) is 52.0 Å². The number of aromatic nitrogens is 3. The minimum atomic E-state index is 0.554. The molecule has 0 saturated carbocycles. The van der Waals surface area contributed by atoms with Crippen LogP contribution >= 0.6 is 0 Å². The molecule has 0 spiro atoms. The maximum absolute atomic E-state index is 5.37. The molecule has 1 fully saturated rings. The van der Waals surface area contributed by atoms with Crippen molar-refractivity contribution >= 4 is 0 Å². The quantitative estimate of drug-likeness (QED) is 0.720. The van der Waals surface area contributed by atoms with Gasteiger partial charge in [-0.1, -0.05) is 0 Å². The maximum atomic E-state index is 5.37. The first kappa shape index (κ1) is 9.30. The summed E-state index contributed by atoms with van der Waals surface area (Å²) in [6.45, 7) is 4.63. The van der Waals surface area contributed by atoms with Crippen molar-refractivity contribution in [3.63, 3.8) is 0 Å². The summed E-state index contributed by atoms with van der Waals surface area (Å²) >= 11 is 0. The first-order valence-corrected chi connectivity index (χ1v) is 5.65.